The highest BCUT2D eigenvalue weighted by atomic mass is 32.2. The summed E-state index contributed by atoms with van der Waals surface area (Å²) >= 11 is 4.94. The molecule has 1 aromatic carbocycles. The van der Waals surface area contributed by atoms with Crippen LogP contribution >= 0.6 is 34.9 Å². The molecule has 0 radical (unpaired) electrons. The molecule has 0 amide bonds. The molecule has 1 aliphatic rings. The molecule has 0 saturated carbocycles. The Hall–Kier alpha value is -1.81. The van der Waals surface area contributed by atoms with Crippen LogP contribution in [0.1, 0.15) is 30.2 Å². The summed E-state index contributed by atoms with van der Waals surface area (Å²) in [4.78, 5) is 19.3. The SMILES string of the molecule is CC(=O)C1=C(C)N=C(SCSc2ccccc2)C(C#N)[C@H]1c1sccc1C. The van der Waals surface area contributed by atoms with E-state index < -0.39 is 5.92 Å². The quantitative estimate of drug-likeness (QED) is 0.444. The molecule has 1 aliphatic heterocycles. The van der Waals surface area contributed by atoms with Crippen LogP contribution in [0, 0.1) is 24.2 Å². The van der Waals surface area contributed by atoms with Gasteiger partial charge >= 0.3 is 0 Å². The van der Waals surface area contributed by atoms with Gasteiger partial charge in [-0.1, -0.05) is 30.0 Å². The lowest BCUT2D eigenvalue weighted by atomic mass is 9.80. The van der Waals surface area contributed by atoms with E-state index in [-0.39, 0.29) is 11.7 Å². The van der Waals surface area contributed by atoms with E-state index in [2.05, 4.69) is 23.2 Å². The van der Waals surface area contributed by atoms with Crippen molar-refractivity contribution >= 4 is 45.7 Å². The molecule has 27 heavy (non-hydrogen) atoms. The van der Waals surface area contributed by atoms with Gasteiger partial charge in [-0.2, -0.15) is 5.26 Å². The molecule has 0 aliphatic carbocycles. The number of hydrogen-bond acceptors (Lipinski definition) is 6. The highest BCUT2D eigenvalue weighted by Crippen LogP contribution is 2.44. The number of Topliss-reactive ketones (excluding diaryl/α,β-unsaturated/α-hetero) is 1. The summed E-state index contributed by atoms with van der Waals surface area (Å²) in [7, 11) is 0. The number of nitriles is 1. The molecule has 1 aromatic heterocycles. The van der Waals surface area contributed by atoms with Crippen molar-refractivity contribution in [2.75, 3.05) is 5.08 Å². The van der Waals surface area contributed by atoms with Crippen LogP contribution in [0.4, 0.5) is 0 Å². The van der Waals surface area contributed by atoms with Crippen LogP contribution in [0.15, 0.2) is 62.9 Å². The molecule has 138 valence electrons. The van der Waals surface area contributed by atoms with Gasteiger partial charge in [0.1, 0.15) is 5.92 Å². The van der Waals surface area contributed by atoms with Crippen molar-refractivity contribution < 1.29 is 4.79 Å². The number of hydrogen-bond donors (Lipinski definition) is 0. The third-order valence-corrected chi connectivity index (χ3v) is 7.75. The number of benzene rings is 1. The third kappa shape index (κ3) is 4.37. The topological polar surface area (TPSA) is 53.2 Å². The third-order valence-electron chi connectivity index (χ3n) is 4.46. The maximum absolute atomic E-state index is 12.4. The number of carbonyl (C=O) groups is 1. The molecule has 0 fully saturated rings. The van der Waals surface area contributed by atoms with Crippen LogP contribution in [0.3, 0.4) is 0 Å². The molecule has 0 bridgehead atoms. The van der Waals surface area contributed by atoms with E-state index >= 15 is 0 Å². The highest BCUT2D eigenvalue weighted by Gasteiger charge is 2.38. The van der Waals surface area contributed by atoms with Gasteiger partial charge in [0.05, 0.1) is 11.1 Å². The van der Waals surface area contributed by atoms with Crippen molar-refractivity contribution in [3.63, 3.8) is 0 Å². The second-order valence-corrected chi connectivity index (χ2v) is 9.63. The Morgan fingerprint density at radius 3 is 2.56 bits per heavy atom. The van der Waals surface area contributed by atoms with Crippen LogP contribution in [0.25, 0.3) is 0 Å². The first-order chi connectivity index (χ1) is 13.0. The number of thioether (sulfide) groups is 2. The summed E-state index contributed by atoms with van der Waals surface area (Å²) in [5.74, 6) is -0.655. The summed E-state index contributed by atoms with van der Waals surface area (Å²) in [6.45, 7) is 5.49. The smallest absolute Gasteiger partial charge is 0.158 e. The maximum atomic E-state index is 12.4. The zero-order valence-corrected chi connectivity index (χ0v) is 17.9. The Bertz CT molecular complexity index is 938. The summed E-state index contributed by atoms with van der Waals surface area (Å²) in [6, 6.07) is 14.7. The van der Waals surface area contributed by atoms with Crippen molar-refractivity contribution in [3.05, 3.63) is 63.5 Å². The van der Waals surface area contributed by atoms with E-state index in [1.807, 2.05) is 43.5 Å². The van der Waals surface area contributed by atoms with Crippen LogP contribution in [-0.2, 0) is 4.79 Å². The summed E-state index contributed by atoms with van der Waals surface area (Å²) in [5, 5.41) is 13.6. The number of nitrogens with zero attached hydrogens (tertiary/aromatic N) is 2. The Balaban J connectivity index is 1.89. The average molecular weight is 413 g/mol. The normalized spacial score (nSPS) is 19.6. The zero-order chi connectivity index (χ0) is 19.4. The van der Waals surface area contributed by atoms with Gasteiger partial charge in [0.2, 0.25) is 0 Å². The van der Waals surface area contributed by atoms with Crippen molar-refractivity contribution in [1.82, 2.24) is 0 Å². The van der Waals surface area contributed by atoms with Crippen molar-refractivity contribution in [3.8, 4) is 6.07 Å². The van der Waals surface area contributed by atoms with Gasteiger partial charge in [-0.05, 0) is 49.9 Å². The van der Waals surface area contributed by atoms with Crippen LogP contribution in [0.5, 0.6) is 0 Å². The van der Waals surface area contributed by atoms with E-state index in [1.165, 1.54) is 4.90 Å². The predicted octanol–water partition coefficient (Wildman–Crippen LogP) is 6.04. The van der Waals surface area contributed by atoms with Crippen LogP contribution < -0.4 is 0 Å². The minimum absolute atomic E-state index is 0.00277. The van der Waals surface area contributed by atoms with E-state index in [4.69, 9.17) is 0 Å². The number of ketones is 1. The minimum atomic E-state index is -0.425. The standard InChI is InChI=1S/C21H20N2OS3/c1-13-9-10-25-20(13)19-17(11-22)21(23-14(2)18(19)15(3)24)27-12-26-16-7-5-4-6-8-16/h4-10,17,19H,12H2,1-3H3/t17?,19-/m1/s1. The summed E-state index contributed by atoms with van der Waals surface area (Å²) in [6.07, 6.45) is 0. The van der Waals surface area contributed by atoms with Crippen LogP contribution in [0.2, 0.25) is 0 Å². The van der Waals surface area contributed by atoms with Gasteiger partial charge in [-0.25, -0.2) is 4.99 Å². The van der Waals surface area contributed by atoms with Crippen molar-refractivity contribution in [2.45, 2.75) is 31.6 Å². The van der Waals surface area contributed by atoms with E-state index in [0.29, 0.717) is 5.57 Å². The number of rotatable bonds is 5. The molecule has 6 heteroatoms. The van der Waals surface area contributed by atoms with E-state index in [0.717, 1.165) is 26.3 Å². The number of aliphatic imine (C=N–C) groups is 1. The predicted molar refractivity (Wildman–Crippen MR) is 116 cm³/mol. The summed E-state index contributed by atoms with van der Waals surface area (Å²) < 4.78 is 0. The van der Waals surface area contributed by atoms with Gasteiger partial charge in [0, 0.05) is 32.0 Å². The number of allylic oxidation sites excluding steroid dienone is 2. The van der Waals surface area contributed by atoms with Gasteiger partial charge in [-0.15, -0.1) is 23.1 Å². The molecule has 2 heterocycles. The number of thiophene rings is 1. The number of aryl methyl sites for hydroxylation is 1. The van der Waals surface area contributed by atoms with Gasteiger partial charge in [0.25, 0.3) is 0 Å². The fraction of sp³-hybridized carbons (Fsp3) is 0.286. The fourth-order valence-electron chi connectivity index (χ4n) is 3.22. The Labute approximate surface area is 172 Å². The Morgan fingerprint density at radius 1 is 1.22 bits per heavy atom. The molecule has 3 rings (SSSR count). The highest BCUT2D eigenvalue weighted by molar-refractivity contribution is 8.24. The fourth-order valence-corrected chi connectivity index (χ4v) is 6.47. The van der Waals surface area contributed by atoms with Gasteiger partial charge < -0.3 is 0 Å². The maximum Gasteiger partial charge on any atom is 0.158 e. The van der Waals surface area contributed by atoms with Crippen molar-refractivity contribution in [1.29, 1.82) is 5.26 Å². The monoisotopic (exact) mass is 412 g/mol. The Kier molecular flexibility index (Phi) is 6.59. The lowest BCUT2D eigenvalue weighted by Gasteiger charge is -2.29. The average Bonchev–Trinajstić information content (AvgIpc) is 3.07. The van der Waals surface area contributed by atoms with Gasteiger partial charge in [0.15, 0.2) is 5.78 Å². The first-order valence-electron chi connectivity index (χ1n) is 8.57. The minimum Gasteiger partial charge on any atom is -0.295 e. The molecular formula is C21H20N2OS3. The Morgan fingerprint density at radius 2 is 1.96 bits per heavy atom. The van der Waals surface area contributed by atoms with E-state index in [9.17, 15) is 10.1 Å². The first kappa shape index (κ1) is 19.9. The lowest BCUT2D eigenvalue weighted by Crippen LogP contribution is -2.27. The molecule has 0 saturated heterocycles. The second-order valence-electron chi connectivity index (χ2n) is 6.28. The molecule has 3 nitrogen and oxygen atoms in total. The van der Waals surface area contributed by atoms with Crippen LogP contribution in [-0.4, -0.2) is 15.9 Å². The van der Waals surface area contributed by atoms with Crippen molar-refractivity contribution in [2.24, 2.45) is 10.9 Å². The van der Waals surface area contributed by atoms with E-state index in [1.54, 1.807) is 41.8 Å². The second kappa shape index (κ2) is 8.92. The molecule has 0 spiro atoms. The van der Waals surface area contributed by atoms with Gasteiger partial charge in [-0.3, -0.25) is 4.79 Å². The largest absolute Gasteiger partial charge is 0.295 e. The molecule has 2 aromatic rings. The molecule has 1 unspecified atom stereocenters. The summed E-state index contributed by atoms with van der Waals surface area (Å²) in [5.41, 5.74) is 2.54. The number of carbonyl (C=O) groups excluding carboxylic acids is 1. The molecular weight excluding hydrogens is 392 g/mol. The zero-order valence-electron chi connectivity index (χ0n) is 15.4. The molecule has 2 atom stereocenters. The lowest BCUT2D eigenvalue weighted by molar-refractivity contribution is -0.114. The molecule has 0 N–H and O–H groups in total. The first-order valence-corrected chi connectivity index (χ1v) is 11.4.